The molecule has 2 aromatic heterocycles. The van der Waals surface area contributed by atoms with Crippen molar-refractivity contribution in [2.24, 2.45) is 5.41 Å². The Labute approximate surface area is 181 Å². The molecule has 0 aliphatic carbocycles. The Hall–Kier alpha value is -3.19. The molecule has 3 aromatic rings. The maximum atomic E-state index is 11.2. The predicted molar refractivity (Wildman–Crippen MR) is 121 cm³/mol. The second-order valence-electron chi connectivity index (χ2n) is 7.73. The molecule has 8 heteroatoms. The van der Waals surface area contributed by atoms with Gasteiger partial charge in [0.25, 0.3) is 0 Å². The van der Waals surface area contributed by atoms with Crippen LogP contribution in [-0.2, 0) is 4.79 Å². The van der Waals surface area contributed by atoms with E-state index < -0.39 is 0 Å². The number of nitrogens with one attached hydrogen (secondary N) is 3. The lowest BCUT2D eigenvalue weighted by Gasteiger charge is -2.26. The molecular weight excluding hydrogens is 400 g/mol. The number of rotatable bonds is 8. The van der Waals surface area contributed by atoms with Crippen LogP contribution in [0.5, 0.6) is 0 Å². The number of nitrogens with zero attached hydrogens (tertiary/aromatic N) is 3. The third kappa shape index (κ3) is 6.15. The van der Waals surface area contributed by atoms with E-state index in [0.29, 0.717) is 24.1 Å². The summed E-state index contributed by atoms with van der Waals surface area (Å²) in [4.78, 5) is 24.6. The summed E-state index contributed by atoms with van der Waals surface area (Å²) in [6.07, 6.45) is 3.44. The lowest BCUT2D eigenvalue weighted by molar-refractivity contribution is -0.119. The Morgan fingerprint density at radius 1 is 1.07 bits per heavy atom. The van der Waals surface area contributed by atoms with E-state index in [1.807, 2.05) is 42.5 Å². The Kier molecular flexibility index (Phi) is 6.84. The summed E-state index contributed by atoms with van der Waals surface area (Å²) in [5, 5.41) is 10.1. The van der Waals surface area contributed by atoms with E-state index in [-0.39, 0.29) is 11.3 Å². The average Bonchev–Trinajstić information content (AvgIpc) is 2.71. The number of amides is 1. The highest BCUT2D eigenvalue weighted by Crippen LogP contribution is 2.27. The fourth-order valence-electron chi connectivity index (χ4n) is 2.77. The van der Waals surface area contributed by atoms with Gasteiger partial charge in [0, 0.05) is 48.7 Å². The Balaban J connectivity index is 1.77. The molecule has 3 N–H and O–H groups in total. The molecule has 0 fully saturated rings. The van der Waals surface area contributed by atoms with Crippen LogP contribution < -0.4 is 16.0 Å². The Bertz CT molecular complexity index is 1020. The number of carbonyl (C=O) groups excluding carboxylic acids is 1. The van der Waals surface area contributed by atoms with Crippen molar-refractivity contribution in [3.63, 3.8) is 0 Å². The zero-order valence-electron chi connectivity index (χ0n) is 17.2. The van der Waals surface area contributed by atoms with Gasteiger partial charge < -0.3 is 16.0 Å². The van der Waals surface area contributed by atoms with Crippen molar-refractivity contribution < 1.29 is 4.79 Å². The molecule has 30 heavy (non-hydrogen) atoms. The first-order valence-corrected chi connectivity index (χ1v) is 9.99. The van der Waals surface area contributed by atoms with Crippen LogP contribution in [0, 0.1) is 5.41 Å². The zero-order chi connectivity index (χ0) is 21.6. The minimum atomic E-state index is -0.147. The largest absolute Gasteiger partial charge is 0.369 e. The summed E-state index contributed by atoms with van der Waals surface area (Å²) in [5.41, 5.74) is 2.27. The topological polar surface area (TPSA) is 91.8 Å². The molecule has 3 rings (SSSR count). The van der Waals surface area contributed by atoms with Crippen molar-refractivity contribution in [2.75, 3.05) is 23.7 Å². The van der Waals surface area contributed by atoms with E-state index >= 15 is 0 Å². The fraction of sp³-hybridized carbons (Fsp3) is 0.273. The first kappa shape index (κ1) is 21.5. The first-order chi connectivity index (χ1) is 14.3. The molecule has 0 saturated heterocycles. The van der Waals surface area contributed by atoms with Crippen LogP contribution in [0.2, 0.25) is 5.02 Å². The van der Waals surface area contributed by atoms with Crippen molar-refractivity contribution in [3.8, 4) is 11.3 Å². The van der Waals surface area contributed by atoms with Crippen LogP contribution in [0.1, 0.15) is 20.8 Å². The number of benzene rings is 1. The number of hydrogen-bond acceptors (Lipinski definition) is 6. The molecule has 156 valence electrons. The number of carbonyl (C=O) groups is 1. The minimum absolute atomic E-state index is 0.0395. The molecule has 0 saturated carbocycles. The summed E-state index contributed by atoms with van der Waals surface area (Å²) in [5.74, 6) is 1.15. The summed E-state index contributed by atoms with van der Waals surface area (Å²) in [7, 11) is 0. The molecule has 0 bridgehead atoms. The van der Waals surface area contributed by atoms with E-state index in [0.717, 1.165) is 22.8 Å². The highest BCUT2D eigenvalue weighted by atomic mass is 35.5. The van der Waals surface area contributed by atoms with Gasteiger partial charge in [-0.3, -0.25) is 4.79 Å². The number of pyridine rings is 1. The standard InChI is InChI=1S/C22H25ClN6O/c1-15(30)26-13-22(2,3)14-27-20-18(8-5-10-24-20)19-9-11-25-21(29-19)28-17-7-4-6-16(23)12-17/h4-12H,13-14H2,1-3H3,(H,24,27)(H,26,30)(H,25,28,29). The van der Waals surface area contributed by atoms with Gasteiger partial charge in [-0.25, -0.2) is 15.0 Å². The SMILES string of the molecule is CC(=O)NCC(C)(C)CNc1ncccc1-c1ccnc(Nc2cccc(Cl)c2)n1. The molecule has 1 amide bonds. The quantitative estimate of drug-likeness (QED) is 0.492. The molecule has 0 unspecified atom stereocenters. The molecule has 0 radical (unpaired) electrons. The molecule has 7 nitrogen and oxygen atoms in total. The van der Waals surface area contributed by atoms with Gasteiger partial charge in [0.05, 0.1) is 5.69 Å². The maximum Gasteiger partial charge on any atom is 0.227 e. The number of anilines is 3. The van der Waals surface area contributed by atoms with Crippen molar-refractivity contribution in [1.82, 2.24) is 20.3 Å². The second-order valence-corrected chi connectivity index (χ2v) is 8.16. The fourth-order valence-corrected chi connectivity index (χ4v) is 2.96. The van der Waals surface area contributed by atoms with Crippen molar-refractivity contribution in [3.05, 3.63) is 59.9 Å². The minimum Gasteiger partial charge on any atom is -0.369 e. The van der Waals surface area contributed by atoms with Crippen LogP contribution in [-0.4, -0.2) is 33.9 Å². The van der Waals surface area contributed by atoms with Gasteiger partial charge in [0.15, 0.2) is 0 Å². The van der Waals surface area contributed by atoms with E-state index in [9.17, 15) is 4.79 Å². The van der Waals surface area contributed by atoms with Crippen LogP contribution in [0.15, 0.2) is 54.9 Å². The number of hydrogen-bond donors (Lipinski definition) is 3. The average molecular weight is 425 g/mol. The summed E-state index contributed by atoms with van der Waals surface area (Å²) < 4.78 is 0. The second kappa shape index (κ2) is 9.54. The number of halogens is 1. The summed E-state index contributed by atoms with van der Waals surface area (Å²) in [6, 6.07) is 13.1. The van der Waals surface area contributed by atoms with Gasteiger partial charge in [-0.1, -0.05) is 31.5 Å². The van der Waals surface area contributed by atoms with E-state index in [2.05, 4.69) is 44.7 Å². The van der Waals surface area contributed by atoms with Gasteiger partial charge in [-0.2, -0.15) is 0 Å². The van der Waals surface area contributed by atoms with Crippen molar-refractivity contribution >= 4 is 35.0 Å². The van der Waals surface area contributed by atoms with Gasteiger partial charge in [0.1, 0.15) is 5.82 Å². The van der Waals surface area contributed by atoms with Gasteiger partial charge >= 0.3 is 0 Å². The van der Waals surface area contributed by atoms with Crippen LogP contribution in [0.3, 0.4) is 0 Å². The van der Waals surface area contributed by atoms with E-state index in [1.165, 1.54) is 6.92 Å². The third-order valence-corrected chi connectivity index (χ3v) is 4.61. The van der Waals surface area contributed by atoms with E-state index in [1.54, 1.807) is 12.4 Å². The first-order valence-electron chi connectivity index (χ1n) is 9.62. The highest BCUT2D eigenvalue weighted by molar-refractivity contribution is 6.30. The summed E-state index contributed by atoms with van der Waals surface area (Å²) >= 11 is 6.05. The van der Waals surface area contributed by atoms with Gasteiger partial charge in [-0.05, 0) is 41.8 Å². The van der Waals surface area contributed by atoms with Crippen LogP contribution >= 0.6 is 11.6 Å². The third-order valence-electron chi connectivity index (χ3n) is 4.37. The molecule has 2 heterocycles. The summed E-state index contributed by atoms with van der Waals surface area (Å²) in [6.45, 7) is 6.88. The zero-order valence-corrected chi connectivity index (χ0v) is 18.0. The lowest BCUT2D eigenvalue weighted by atomic mass is 9.93. The van der Waals surface area contributed by atoms with Crippen molar-refractivity contribution in [2.45, 2.75) is 20.8 Å². The lowest BCUT2D eigenvalue weighted by Crippen LogP contribution is -2.37. The molecule has 0 spiro atoms. The van der Waals surface area contributed by atoms with Crippen molar-refractivity contribution in [1.29, 1.82) is 0 Å². The molecule has 1 aromatic carbocycles. The highest BCUT2D eigenvalue weighted by Gasteiger charge is 2.19. The maximum absolute atomic E-state index is 11.2. The smallest absolute Gasteiger partial charge is 0.227 e. The van der Waals surface area contributed by atoms with Crippen LogP contribution in [0.25, 0.3) is 11.3 Å². The van der Waals surface area contributed by atoms with Gasteiger partial charge in [0.2, 0.25) is 11.9 Å². The number of aromatic nitrogens is 3. The Morgan fingerprint density at radius 3 is 2.67 bits per heavy atom. The predicted octanol–water partition coefficient (Wildman–Crippen LogP) is 4.51. The van der Waals surface area contributed by atoms with Crippen LogP contribution in [0.4, 0.5) is 17.5 Å². The molecule has 0 atom stereocenters. The molecule has 0 aliphatic heterocycles. The molecular formula is C22H25ClN6O. The van der Waals surface area contributed by atoms with E-state index in [4.69, 9.17) is 11.6 Å². The normalized spacial score (nSPS) is 11.1. The molecule has 0 aliphatic rings. The monoisotopic (exact) mass is 424 g/mol. The Morgan fingerprint density at radius 2 is 1.90 bits per heavy atom. The van der Waals surface area contributed by atoms with Gasteiger partial charge in [-0.15, -0.1) is 0 Å².